The second kappa shape index (κ2) is 8.31. The number of benzene rings is 1. The largest absolute Gasteiger partial charge is 0.389 e. The molecule has 0 aliphatic rings. The van der Waals surface area contributed by atoms with Crippen LogP contribution in [-0.2, 0) is 4.74 Å². The lowest BCUT2D eigenvalue weighted by atomic mass is 10.1. The van der Waals surface area contributed by atoms with E-state index in [-0.39, 0.29) is 6.04 Å². The molecule has 0 aliphatic carbocycles. The van der Waals surface area contributed by atoms with Crippen molar-refractivity contribution >= 4 is 0 Å². The molecule has 0 aliphatic heterocycles. The third-order valence-corrected chi connectivity index (χ3v) is 3.00. The van der Waals surface area contributed by atoms with Gasteiger partial charge in [0.1, 0.15) is 0 Å². The molecule has 1 aromatic carbocycles. The molecule has 2 atom stereocenters. The molecule has 0 radical (unpaired) electrons. The van der Waals surface area contributed by atoms with Crippen LogP contribution in [-0.4, -0.2) is 31.0 Å². The highest BCUT2D eigenvalue weighted by Crippen LogP contribution is 2.12. The van der Waals surface area contributed by atoms with Crippen molar-refractivity contribution in [3.63, 3.8) is 0 Å². The van der Waals surface area contributed by atoms with E-state index in [9.17, 15) is 5.11 Å². The van der Waals surface area contributed by atoms with Crippen molar-refractivity contribution in [1.29, 1.82) is 0 Å². The van der Waals surface area contributed by atoms with Crippen LogP contribution in [0.15, 0.2) is 24.3 Å². The van der Waals surface area contributed by atoms with Crippen LogP contribution in [0.2, 0.25) is 0 Å². The van der Waals surface area contributed by atoms with Crippen LogP contribution in [0, 0.1) is 12.8 Å². The van der Waals surface area contributed by atoms with Gasteiger partial charge in [0, 0.05) is 19.2 Å². The highest BCUT2D eigenvalue weighted by atomic mass is 16.5. The summed E-state index contributed by atoms with van der Waals surface area (Å²) in [7, 11) is 0. The van der Waals surface area contributed by atoms with Crippen LogP contribution in [0.4, 0.5) is 0 Å². The van der Waals surface area contributed by atoms with Gasteiger partial charge in [-0.25, -0.2) is 0 Å². The van der Waals surface area contributed by atoms with Crippen molar-refractivity contribution < 1.29 is 9.84 Å². The molecule has 2 unspecified atom stereocenters. The number of hydrogen-bond donors (Lipinski definition) is 2. The summed E-state index contributed by atoms with van der Waals surface area (Å²) in [5, 5.41) is 13.1. The van der Waals surface area contributed by atoms with Crippen molar-refractivity contribution in [2.75, 3.05) is 19.8 Å². The van der Waals surface area contributed by atoms with Crippen LogP contribution >= 0.6 is 0 Å². The molecule has 0 heterocycles. The molecule has 3 nitrogen and oxygen atoms in total. The quantitative estimate of drug-likeness (QED) is 0.759. The first-order valence-electron chi connectivity index (χ1n) is 7.04. The first-order valence-corrected chi connectivity index (χ1v) is 7.04. The Morgan fingerprint density at radius 3 is 2.32 bits per heavy atom. The fraction of sp³-hybridized carbons (Fsp3) is 0.625. The van der Waals surface area contributed by atoms with E-state index in [1.165, 1.54) is 11.1 Å². The van der Waals surface area contributed by atoms with Gasteiger partial charge in [0.15, 0.2) is 0 Å². The van der Waals surface area contributed by atoms with E-state index in [2.05, 4.69) is 57.3 Å². The lowest BCUT2D eigenvalue weighted by molar-refractivity contribution is 0.0252. The van der Waals surface area contributed by atoms with E-state index in [1.54, 1.807) is 0 Å². The van der Waals surface area contributed by atoms with E-state index in [0.29, 0.717) is 25.7 Å². The van der Waals surface area contributed by atoms with Crippen LogP contribution in [0.1, 0.15) is 37.9 Å². The lowest BCUT2D eigenvalue weighted by Gasteiger charge is -2.18. The minimum Gasteiger partial charge on any atom is -0.389 e. The maximum Gasteiger partial charge on any atom is 0.0897 e. The number of rotatable bonds is 8. The van der Waals surface area contributed by atoms with E-state index < -0.39 is 6.10 Å². The normalized spacial score (nSPS) is 14.6. The summed E-state index contributed by atoms with van der Waals surface area (Å²) in [6.07, 6.45) is -0.452. The molecule has 0 saturated carbocycles. The minimum absolute atomic E-state index is 0.236. The number of aliphatic hydroxyl groups is 1. The molecule has 0 aromatic heterocycles. The van der Waals surface area contributed by atoms with Gasteiger partial charge in [-0.3, -0.25) is 0 Å². The summed E-state index contributed by atoms with van der Waals surface area (Å²) in [6, 6.07) is 8.69. The summed E-state index contributed by atoms with van der Waals surface area (Å²) in [5.41, 5.74) is 2.50. The molecule has 3 heteroatoms. The smallest absolute Gasteiger partial charge is 0.0897 e. The van der Waals surface area contributed by atoms with Crippen molar-refractivity contribution in [2.45, 2.75) is 39.8 Å². The zero-order valence-electron chi connectivity index (χ0n) is 12.5. The van der Waals surface area contributed by atoms with Gasteiger partial charge in [-0.1, -0.05) is 43.7 Å². The molecule has 0 fully saturated rings. The van der Waals surface area contributed by atoms with Crippen LogP contribution < -0.4 is 5.32 Å². The van der Waals surface area contributed by atoms with Gasteiger partial charge in [0.25, 0.3) is 0 Å². The second-order valence-electron chi connectivity index (χ2n) is 5.63. The van der Waals surface area contributed by atoms with Crippen molar-refractivity contribution in [1.82, 2.24) is 5.32 Å². The Balaban J connectivity index is 2.25. The Hall–Kier alpha value is -0.900. The number of hydrogen-bond acceptors (Lipinski definition) is 3. The second-order valence-corrected chi connectivity index (χ2v) is 5.63. The van der Waals surface area contributed by atoms with Gasteiger partial charge in [-0.2, -0.15) is 0 Å². The zero-order chi connectivity index (χ0) is 14.3. The third-order valence-electron chi connectivity index (χ3n) is 3.00. The molecule has 108 valence electrons. The van der Waals surface area contributed by atoms with Crippen LogP contribution in [0.3, 0.4) is 0 Å². The molecule has 0 saturated heterocycles. The molecule has 0 amide bonds. The molecule has 0 spiro atoms. The Kier molecular flexibility index (Phi) is 7.06. The van der Waals surface area contributed by atoms with Gasteiger partial charge in [0.05, 0.1) is 12.7 Å². The van der Waals surface area contributed by atoms with Gasteiger partial charge in [-0.15, -0.1) is 0 Å². The fourth-order valence-corrected chi connectivity index (χ4v) is 1.78. The lowest BCUT2D eigenvalue weighted by Crippen LogP contribution is -2.32. The summed E-state index contributed by atoms with van der Waals surface area (Å²) >= 11 is 0. The number of aryl methyl sites for hydroxylation is 1. The minimum atomic E-state index is -0.452. The summed E-state index contributed by atoms with van der Waals surface area (Å²) in [5.74, 6) is 0.506. The summed E-state index contributed by atoms with van der Waals surface area (Å²) in [4.78, 5) is 0. The summed E-state index contributed by atoms with van der Waals surface area (Å²) in [6.45, 7) is 10.0. The maximum atomic E-state index is 9.81. The summed E-state index contributed by atoms with van der Waals surface area (Å²) < 4.78 is 5.42. The van der Waals surface area contributed by atoms with Crippen LogP contribution in [0.25, 0.3) is 0 Å². The maximum absolute atomic E-state index is 9.81. The highest BCUT2D eigenvalue weighted by Gasteiger charge is 2.09. The highest BCUT2D eigenvalue weighted by molar-refractivity contribution is 5.23. The molecular formula is C16H27NO2. The Morgan fingerprint density at radius 1 is 1.11 bits per heavy atom. The van der Waals surface area contributed by atoms with E-state index in [4.69, 9.17) is 4.74 Å². The molecule has 0 bridgehead atoms. The average Bonchev–Trinajstić information content (AvgIpc) is 2.36. The SMILES string of the molecule is Cc1ccc(C(C)NCC(O)COCC(C)C)cc1. The molecule has 2 N–H and O–H groups in total. The van der Waals surface area contributed by atoms with Crippen molar-refractivity contribution in [2.24, 2.45) is 5.92 Å². The van der Waals surface area contributed by atoms with Gasteiger partial charge < -0.3 is 15.2 Å². The number of ether oxygens (including phenoxy) is 1. The Bertz CT molecular complexity index is 348. The zero-order valence-corrected chi connectivity index (χ0v) is 12.5. The van der Waals surface area contributed by atoms with Crippen molar-refractivity contribution in [3.05, 3.63) is 35.4 Å². The topological polar surface area (TPSA) is 41.5 Å². The predicted octanol–water partition coefficient (Wildman–Crippen LogP) is 2.68. The molecule has 19 heavy (non-hydrogen) atoms. The van der Waals surface area contributed by atoms with E-state index in [1.807, 2.05) is 0 Å². The van der Waals surface area contributed by atoms with E-state index >= 15 is 0 Å². The van der Waals surface area contributed by atoms with Gasteiger partial charge in [-0.05, 0) is 25.3 Å². The molecular weight excluding hydrogens is 238 g/mol. The monoisotopic (exact) mass is 265 g/mol. The van der Waals surface area contributed by atoms with Gasteiger partial charge >= 0.3 is 0 Å². The van der Waals surface area contributed by atoms with Crippen molar-refractivity contribution in [3.8, 4) is 0 Å². The van der Waals surface area contributed by atoms with E-state index in [0.717, 1.165) is 0 Å². The fourth-order valence-electron chi connectivity index (χ4n) is 1.78. The molecule has 1 aromatic rings. The first-order chi connectivity index (χ1) is 8.99. The number of nitrogens with one attached hydrogen (secondary N) is 1. The average molecular weight is 265 g/mol. The Labute approximate surface area is 117 Å². The Morgan fingerprint density at radius 2 is 1.74 bits per heavy atom. The van der Waals surface area contributed by atoms with Gasteiger partial charge in [0.2, 0.25) is 0 Å². The number of aliphatic hydroxyl groups excluding tert-OH is 1. The third kappa shape index (κ3) is 6.71. The predicted molar refractivity (Wildman–Crippen MR) is 79.3 cm³/mol. The molecule has 1 rings (SSSR count). The van der Waals surface area contributed by atoms with Crippen LogP contribution in [0.5, 0.6) is 0 Å². The standard InChI is InChI=1S/C16H27NO2/c1-12(2)10-19-11-16(18)9-17-14(4)15-7-5-13(3)6-8-15/h5-8,12,14,16-18H,9-11H2,1-4H3. The first kappa shape index (κ1) is 16.2.